The molecule has 1 saturated carbocycles. The lowest BCUT2D eigenvalue weighted by Crippen LogP contribution is -2.31. The van der Waals surface area contributed by atoms with Crippen LogP contribution in [0.3, 0.4) is 0 Å². The first-order valence-corrected chi connectivity index (χ1v) is 6.97. The number of amides is 1. The van der Waals surface area contributed by atoms with Gasteiger partial charge < -0.3 is 4.90 Å². The summed E-state index contributed by atoms with van der Waals surface area (Å²) >= 11 is 5.79. The van der Waals surface area contributed by atoms with Crippen LogP contribution in [0.5, 0.6) is 0 Å². The van der Waals surface area contributed by atoms with Gasteiger partial charge in [0.15, 0.2) is 0 Å². The van der Waals surface area contributed by atoms with Gasteiger partial charge in [-0.2, -0.15) is 0 Å². The summed E-state index contributed by atoms with van der Waals surface area (Å²) in [5.74, 6) is 0.0513. The largest absolute Gasteiger partial charge is 0.337 e. The van der Waals surface area contributed by atoms with Gasteiger partial charge in [0.2, 0.25) is 0 Å². The molecule has 96 valence electrons. The summed E-state index contributed by atoms with van der Waals surface area (Å²) < 4.78 is 0. The van der Waals surface area contributed by atoms with E-state index in [4.69, 9.17) is 11.6 Å². The van der Waals surface area contributed by atoms with Crippen LogP contribution in [0.15, 0.2) is 18.3 Å². The van der Waals surface area contributed by atoms with E-state index >= 15 is 0 Å². The van der Waals surface area contributed by atoms with Gasteiger partial charge in [0.25, 0.3) is 5.91 Å². The first-order chi connectivity index (χ1) is 8.69. The van der Waals surface area contributed by atoms with E-state index < -0.39 is 0 Å². The highest BCUT2D eigenvalue weighted by Crippen LogP contribution is 2.45. The predicted octanol–water partition coefficient (Wildman–Crippen LogP) is 3.14. The number of pyridine rings is 1. The topological polar surface area (TPSA) is 33.2 Å². The fraction of sp³-hybridized carbons (Fsp3) is 0.571. The second kappa shape index (κ2) is 4.54. The summed E-state index contributed by atoms with van der Waals surface area (Å²) in [5, 5.41) is 0.570. The van der Waals surface area contributed by atoms with Crippen molar-refractivity contribution >= 4 is 17.5 Å². The lowest BCUT2D eigenvalue weighted by atomic mass is 9.86. The summed E-state index contributed by atoms with van der Waals surface area (Å²) in [4.78, 5) is 18.4. The van der Waals surface area contributed by atoms with Gasteiger partial charge in [0.1, 0.15) is 5.69 Å². The summed E-state index contributed by atoms with van der Waals surface area (Å²) in [6.45, 7) is 1.79. The first kappa shape index (κ1) is 12.0. The summed E-state index contributed by atoms with van der Waals surface area (Å²) in [6, 6.07) is 3.44. The van der Waals surface area contributed by atoms with Crippen molar-refractivity contribution in [2.45, 2.75) is 32.1 Å². The molecule has 0 aromatic carbocycles. The molecule has 2 heterocycles. The predicted molar refractivity (Wildman–Crippen MR) is 70.7 cm³/mol. The van der Waals surface area contributed by atoms with E-state index in [0.717, 1.165) is 19.5 Å². The van der Waals surface area contributed by atoms with E-state index in [0.29, 0.717) is 16.1 Å². The molecule has 1 aliphatic carbocycles. The van der Waals surface area contributed by atoms with Crippen molar-refractivity contribution in [2.75, 3.05) is 13.1 Å². The molecule has 3 nitrogen and oxygen atoms in total. The summed E-state index contributed by atoms with van der Waals surface area (Å²) in [5.41, 5.74) is 0.927. The Kier molecular flexibility index (Phi) is 3.02. The molecule has 0 unspecified atom stereocenters. The van der Waals surface area contributed by atoms with Crippen LogP contribution >= 0.6 is 11.6 Å². The fourth-order valence-electron chi connectivity index (χ4n) is 3.31. The average molecular weight is 265 g/mol. The number of hydrogen-bond acceptors (Lipinski definition) is 2. The maximum Gasteiger partial charge on any atom is 0.272 e. The molecular weight excluding hydrogens is 248 g/mol. The Morgan fingerprint density at radius 3 is 2.72 bits per heavy atom. The van der Waals surface area contributed by atoms with Crippen LogP contribution in [0.1, 0.15) is 42.6 Å². The third kappa shape index (κ3) is 2.12. The van der Waals surface area contributed by atoms with Gasteiger partial charge in [-0.25, -0.2) is 4.98 Å². The van der Waals surface area contributed by atoms with E-state index in [1.54, 1.807) is 12.1 Å². The molecule has 1 aromatic rings. The number of halogens is 1. The van der Waals surface area contributed by atoms with E-state index in [1.807, 2.05) is 4.90 Å². The molecule has 0 atom stereocenters. The van der Waals surface area contributed by atoms with Gasteiger partial charge in [0.05, 0.1) is 5.02 Å². The molecule has 1 spiro atoms. The Balaban J connectivity index is 1.72. The van der Waals surface area contributed by atoms with Crippen LogP contribution in [0.2, 0.25) is 5.02 Å². The van der Waals surface area contributed by atoms with Crippen LogP contribution < -0.4 is 0 Å². The number of carbonyl (C=O) groups excluding carboxylic acids is 1. The Bertz CT molecular complexity index is 451. The molecule has 0 bridgehead atoms. The highest BCUT2D eigenvalue weighted by atomic mass is 35.5. The van der Waals surface area contributed by atoms with Crippen molar-refractivity contribution in [1.82, 2.24) is 9.88 Å². The summed E-state index contributed by atoms with van der Waals surface area (Å²) in [6.07, 6.45) is 7.90. The number of likely N-dealkylation sites (tertiary alicyclic amines) is 1. The van der Waals surface area contributed by atoms with Gasteiger partial charge in [-0.15, -0.1) is 0 Å². The van der Waals surface area contributed by atoms with Crippen LogP contribution in [0.25, 0.3) is 0 Å². The summed E-state index contributed by atoms with van der Waals surface area (Å²) in [7, 11) is 0. The zero-order valence-corrected chi connectivity index (χ0v) is 11.1. The van der Waals surface area contributed by atoms with E-state index in [2.05, 4.69) is 4.98 Å². The molecule has 2 aliphatic rings. The van der Waals surface area contributed by atoms with Gasteiger partial charge in [0, 0.05) is 19.3 Å². The molecule has 18 heavy (non-hydrogen) atoms. The quantitative estimate of drug-likeness (QED) is 0.781. The van der Waals surface area contributed by atoms with Gasteiger partial charge in [-0.05, 0) is 36.8 Å². The Morgan fingerprint density at radius 2 is 2.06 bits per heavy atom. The minimum absolute atomic E-state index is 0.0513. The number of carbonyl (C=O) groups is 1. The molecule has 1 saturated heterocycles. The van der Waals surface area contributed by atoms with Crippen LogP contribution in [0, 0.1) is 5.41 Å². The van der Waals surface area contributed by atoms with Crippen molar-refractivity contribution in [3.05, 3.63) is 29.0 Å². The van der Waals surface area contributed by atoms with Crippen LogP contribution in [-0.2, 0) is 0 Å². The van der Waals surface area contributed by atoms with E-state index in [-0.39, 0.29) is 5.91 Å². The lowest BCUT2D eigenvalue weighted by molar-refractivity contribution is 0.0767. The second-order valence-electron chi connectivity index (χ2n) is 5.55. The number of rotatable bonds is 1. The normalized spacial score (nSPS) is 21.7. The van der Waals surface area contributed by atoms with Crippen molar-refractivity contribution in [2.24, 2.45) is 5.41 Å². The van der Waals surface area contributed by atoms with Crippen molar-refractivity contribution in [3.8, 4) is 0 Å². The monoisotopic (exact) mass is 264 g/mol. The molecule has 1 amide bonds. The lowest BCUT2D eigenvalue weighted by Gasteiger charge is -2.23. The SMILES string of the molecule is O=C(c1ccc(Cl)cn1)N1CCC2(CCCC2)C1. The number of hydrogen-bond donors (Lipinski definition) is 0. The second-order valence-corrected chi connectivity index (χ2v) is 5.98. The Hall–Kier alpha value is -1.09. The van der Waals surface area contributed by atoms with E-state index in [9.17, 15) is 4.79 Å². The van der Waals surface area contributed by atoms with Crippen LogP contribution in [-0.4, -0.2) is 28.9 Å². The molecule has 3 rings (SSSR count). The minimum Gasteiger partial charge on any atom is -0.337 e. The third-order valence-corrected chi connectivity index (χ3v) is 4.56. The van der Waals surface area contributed by atoms with E-state index in [1.165, 1.54) is 31.9 Å². The molecule has 0 radical (unpaired) electrons. The first-order valence-electron chi connectivity index (χ1n) is 6.59. The molecule has 2 fully saturated rings. The zero-order chi connectivity index (χ0) is 12.6. The van der Waals surface area contributed by atoms with Gasteiger partial charge >= 0.3 is 0 Å². The maximum atomic E-state index is 12.3. The minimum atomic E-state index is 0.0513. The fourth-order valence-corrected chi connectivity index (χ4v) is 3.42. The number of aromatic nitrogens is 1. The Labute approximate surface area is 112 Å². The molecule has 1 aromatic heterocycles. The highest BCUT2D eigenvalue weighted by Gasteiger charge is 2.41. The smallest absolute Gasteiger partial charge is 0.272 e. The maximum absolute atomic E-state index is 12.3. The van der Waals surface area contributed by atoms with Crippen LogP contribution in [0.4, 0.5) is 0 Å². The molecule has 4 heteroatoms. The standard InChI is InChI=1S/C14H17ClN2O/c15-11-3-4-12(16-9-11)13(18)17-8-7-14(10-17)5-1-2-6-14/h3-4,9H,1-2,5-8,10H2. The molecular formula is C14H17ClN2O. The zero-order valence-electron chi connectivity index (χ0n) is 10.4. The highest BCUT2D eigenvalue weighted by molar-refractivity contribution is 6.30. The van der Waals surface area contributed by atoms with Gasteiger partial charge in [-0.1, -0.05) is 24.4 Å². The Morgan fingerprint density at radius 1 is 1.28 bits per heavy atom. The molecule has 1 aliphatic heterocycles. The number of nitrogens with zero attached hydrogens (tertiary/aromatic N) is 2. The van der Waals surface area contributed by atoms with Crippen molar-refractivity contribution in [3.63, 3.8) is 0 Å². The van der Waals surface area contributed by atoms with Crippen molar-refractivity contribution in [1.29, 1.82) is 0 Å². The van der Waals surface area contributed by atoms with Crippen molar-refractivity contribution < 1.29 is 4.79 Å². The third-order valence-electron chi connectivity index (χ3n) is 4.34. The molecule has 0 N–H and O–H groups in total. The average Bonchev–Trinajstić information content (AvgIpc) is 3.01. The van der Waals surface area contributed by atoms with Gasteiger partial charge in [-0.3, -0.25) is 4.79 Å².